The number of anilines is 1. The minimum atomic E-state index is -1.49. The summed E-state index contributed by atoms with van der Waals surface area (Å²) in [6.45, 7) is 0.481. The summed E-state index contributed by atoms with van der Waals surface area (Å²) in [4.78, 5) is 42.4. The number of benzene rings is 2. The molecule has 150 valence electrons. The molecule has 7 heteroatoms. The summed E-state index contributed by atoms with van der Waals surface area (Å²) < 4.78 is 10.8. The molecule has 2 heterocycles. The topological polar surface area (TPSA) is 76.2 Å². The standard InChI is InChI=1S/C22H22N2O5/c1-28-14-13-23-20(26)17-9-5-6-10-18(17)24-19(25)11-12-22(23,24)21(27)29-15-16-7-3-2-4-8-16/h2-10H,11-15H2,1H3/t22-/m0/s1. The average molecular weight is 394 g/mol. The lowest BCUT2D eigenvalue weighted by molar-refractivity contribution is -0.159. The van der Waals surface area contributed by atoms with Gasteiger partial charge in [0.15, 0.2) is 0 Å². The molecular weight excluding hydrogens is 372 g/mol. The van der Waals surface area contributed by atoms with E-state index in [4.69, 9.17) is 9.47 Å². The van der Waals surface area contributed by atoms with Gasteiger partial charge in [0, 0.05) is 26.5 Å². The van der Waals surface area contributed by atoms with E-state index >= 15 is 0 Å². The number of para-hydroxylation sites is 1. The number of rotatable bonds is 6. The lowest BCUT2D eigenvalue weighted by Gasteiger charge is -2.48. The summed E-state index contributed by atoms with van der Waals surface area (Å²) in [5.41, 5.74) is 0.185. The van der Waals surface area contributed by atoms with Crippen LogP contribution in [0.2, 0.25) is 0 Å². The van der Waals surface area contributed by atoms with Crippen molar-refractivity contribution in [2.45, 2.75) is 25.1 Å². The maximum atomic E-state index is 13.4. The van der Waals surface area contributed by atoms with E-state index in [2.05, 4.69) is 0 Å². The Morgan fingerprint density at radius 3 is 2.55 bits per heavy atom. The van der Waals surface area contributed by atoms with Crippen LogP contribution in [-0.4, -0.2) is 48.6 Å². The van der Waals surface area contributed by atoms with E-state index in [1.165, 1.54) is 16.9 Å². The van der Waals surface area contributed by atoms with Gasteiger partial charge < -0.3 is 14.4 Å². The number of amides is 2. The van der Waals surface area contributed by atoms with Crippen molar-refractivity contribution < 1.29 is 23.9 Å². The number of hydrogen-bond donors (Lipinski definition) is 0. The highest BCUT2D eigenvalue weighted by Gasteiger charge is 2.61. The summed E-state index contributed by atoms with van der Waals surface area (Å²) >= 11 is 0. The molecule has 2 aliphatic rings. The Hall–Kier alpha value is -3.19. The molecule has 0 bridgehead atoms. The average Bonchev–Trinajstić information content (AvgIpc) is 3.11. The van der Waals surface area contributed by atoms with Crippen molar-refractivity contribution in [3.63, 3.8) is 0 Å². The number of nitrogens with zero attached hydrogens (tertiary/aromatic N) is 2. The molecule has 4 rings (SSSR count). The Bertz CT molecular complexity index is 945. The van der Waals surface area contributed by atoms with Crippen molar-refractivity contribution in [2.24, 2.45) is 0 Å². The van der Waals surface area contributed by atoms with Crippen molar-refractivity contribution in [1.29, 1.82) is 0 Å². The zero-order valence-corrected chi connectivity index (χ0v) is 16.2. The number of esters is 1. The lowest BCUT2D eigenvalue weighted by Crippen LogP contribution is -2.68. The molecule has 2 aliphatic heterocycles. The maximum absolute atomic E-state index is 13.4. The van der Waals surface area contributed by atoms with E-state index in [1.807, 2.05) is 30.3 Å². The van der Waals surface area contributed by atoms with Crippen molar-refractivity contribution in [3.8, 4) is 0 Å². The van der Waals surface area contributed by atoms with Crippen LogP contribution in [0.1, 0.15) is 28.8 Å². The fraction of sp³-hybridized carbons (Fsp3) is 0.318. The molecule has 0 N–H and O–H groups in total. The third-order valence-corrected chi connectivity index (χ3v) is 5.43. The molecular formula is C22H22N2O5. The van der Waals surface area contributed by atoms with Gasteiger partial charge in [-0.05, 0) is 17.7 Å². The Morgan fingerprint density at radius 1 is 1.07 bits per heavy atom. The van der Waals surface area contributed by atoms with Crippen molar-refractivity contribution in [1.82, 2.24) is 4.90 Å². The number of carbonyl (C=O) groups excluding carboxylic acids is 3. The molecule has 2 amide bonds. The van der Waals surface area contributed by atoms with Crippen LogP contribution in [0.15, 0.2) is 54.6 Å². The fourth-order valence-electron chi connectivity index (χ4n) is 4.07. The van der Waals surface area contributed by atoms with Crippen molar-refractivity contribution in [3.05, 3.63) is 65.7 Å². The second kappa shape index (κ2) is 7.67. The summed E-state index contributed by atoms with van der Waals surface area (Å²) in [5.74, 6) is -1.12. The number of hydrogen-bond acceptors (Lipinski definition) is 5. The molecule has 1 saturated heterocycles. The zero-order chi connectivity index (χ0) is 20.4. The van der Waals surface area contributed by atoms with Gasteiger partial charge >= 0.3 is 5.97 Å². The molecule has 0 aliphatic carbocycles. The summed E-state index contributed by atoms with van der Waals surface area (Å²) in [5, 5.41) is 0. The van der Waals surface area contributed by atoms with Crippen LogP contribution in [0.5, 0.6) is 0 Å². The van der Waals surface area contributed by atoms with Crippen LogP contribution < -0.4 is 4.90 Å². The van der Waals surface area contributed by atoms with Crippen LogP contribution in [0.3, 0.4) is 0 Å². The van der Waals surface area contributed by atoms with Gasteiger partial charge in [-0.2, -0.15) is 0 Å². The van der Waals surface area contributed by atoms with Crippen molar-refractivity contribution >= 4 is 23.5 Å². The van der Waals surface area contributed by atoms with Crippen LogP contribution in [0.4, 0.5) is 5.69 Å². The summed E-state index contributed by atoms with van der Waals surface area (Å²) in [6.07, 6.45) is 0.342. The van der Waals surface area contributed by atoms with Gasteiger partial charge in [-0.1, -0.05) is 42.5 Å². The van der Waals surface area contributed by atoms with Crippen LogP contribution in [0, 0.1) is 0 Å². The van der Waals surface area contributed by atoms with E-state index in [0.29, 0.717) is 11.3 Å². The molecule has 2 aromatic carbocycles. The van der Waals surface area contributed by atoms with Gasteiger partial charge in [-0.15, -0.1) is 0 Å². The van der Waals surface area contributed by atoms with E-state index in [-0.39, 0.29) is 44.4 Å². The quantitative estimate of drug-likeness (QED) is 0.703. The fourth-order valence-corrected chi connectivity index (χ4v) is 4.07. The van der Waals surface area contributed by atoms with E-state index < -0.39 is 11.6 Å². The minimum absolute atomic E-state index is 0.0669. The number of fused-ring (bicyclic) bond motifs is 3. The smallest absolute Gasteiger partial charge is 0.354 e. The van der Waals surface area contributed by atoms with Gasteiger partial charge in [0.25, 0.3) is 5.91 Å². The molecule has 0 radical (unpaired) electrons. The number of ether oxygens (including phenoxy) is 2. The second-order valence-electron chi connectivity index (χ2n) is 7.07. The van der Waals surface area contributed by atoms with E-state index in [0.717, 1.165) is 5.56 Å². The lowest BCUT2D eigenvalue weighted by atomic mass is 9.96. The molecule has 7 nitrogen and oxygen atoms in total. The first-order valence-corrected chi connectivity index (χ1v) is 9.54. The summed E-state index contributed by atoms with van der Waals surface area (Å²) in [6, 6.07) is 16.2. The predicted octanol–water partition coefficient (Wildman–Crippen LogP) is 2.36. The normalized spacial score (nSPS) is 20.4. The van der Waals surface area contributed by atoms with Gasteiger partial charge in [0.1, 0.15) is 6.61 Å². The largest absolute Gasteiger partial charge is 0.458 e. The van der Waals surface area contributed by atoms with Crippen LogP contribution in [0.25, 0.3) is 0 Å². The van der Waals surface area contributed by atoms with E-state index in [1.54, 1.807) is 24.3 Å². The molecule has 0 saturated carbocycles. The minimum Gasteiger partial charge on any atom is -0.458 e. The van der Waals surface area contributed by atoms with Gasteiger partial charge in [-0.3, -0.25) is 14.5 Å². The van der Waals surface area contributed by atoms with Crippen LogP contribution in [-0.2, 0) is 25.7 Å². The Kier molecular flexibility index (Phi) is 5.07. The number of carbonyl (C=O) groups is 3. The highest BCUT2D eigenvalue weighted by atomic mass is 16.5. The van der Waals surface area contributed by atoms with Gasteiger partial charge in [0.2, 0.25) is 11.6 Å². The first-order chi connectivity index (χ1) is 14.1. The molecule has 1 atom stereocenters. The third kappa shape index (κ3) is 3.07. The number of methoxy groups -OCH3 is 1. The second-order valence-corrected chi connectivity index (χ2v) is 7.07. The third-order valence-electron chi connectivity index (χ3n) is 5.43. The SMILES string of the molecule is COCCN1C(=O)c2ccccc2N2C(=O)CC[C@]12C(=O)OCc1ccccc1. The van der Waals surface area contributed by atoms with Gasteiger partial charge in [-0.25, -0.2) is 4.79 Å². The van der Waals surface area contributed by atoms with Crippen molar-refractivity contribution in [2.75, 3.05) is 25.2 Å². The Labute approximate surface area is 168 Å². The molecule has 29 heavy (non-hydrogen) atoms. The Morgan fingerprint density at radius 2 is 1.79 bits per heavy atom. The highest BCUT2D eigenvalue weighted by molar-refractivity contribution is 6.15. The van der Waals surface area contributed by atoms with Gasteiger partial charge in [0.05, 0.1) is 17.9 Å². The highest BCUT2D eigenvalue weighted by Crippen LogP contribution is 2.45. The summed E-state index contributed by atoms with van der Waals surface area (Å²) in [7, 11) is 1.53. The van der Waals surface area contributed by atoms with Crippen LogP contribution >= 0.6 is 0 Å². The molecule has 0 spiro atoms. The predicted molar refractivity (Wildman–Crippen MR) is 105 cm³/mol. The zero-order valence-electron chi connectivity index (χ0n) is 16.2. The first kappa shape index (κ1) is 19.1. The molecule has 1 fully saturated rings. The Balaban J connectivity index is 1.75. The molecule has 2 aromatic rings. The molecule has 0 aromatic heterocycles. The monoisotopic (exact) mass is 394 g/mol. The molecule has 0 unspecified atom stereocenters. The maximum Gasteiger partial charge on any atom is 0.354 e. The van der Waals surface area contributed by atoms with E-state index in [9.17, 15) is 14.4 Å². The first-order valence-electron chi connectivity index (χ1n) is 9.54.